The lowest BCUT2D eigenvalue weighted by molar-refractivity contribution is 0.217. The number of unbranched alkanes of at least 4 members (excludes halogenated alkanes) is 1. The number of aliphatic hydroxyl groups is 1. The maximum Gasteiger partial charge on any atom is 0.0548 e. The minimum Gasteiger partial charge on any atom is -0.396 e. The summed E-state index contributed by atoms with van der Waals surface area (Å²) in [6.45, 7) is 10.7. The molecule has 0 aromatic carbocycles. The highest BCUT2D eigenvalue weighted by atomic mass is 16.3. The number of hydrogen-bond donors (Lipinski definition) is 2. The Balaban J connectivity index is 1.64. The van der Waals surface area contributed by atoms with Gasteiger partial charge in [0.2, 0.25) is 0 Å². The van der Waals surface area contributed by atoms with Crippen molar-refractivity contribution in [3.8, 4) is 0 Å². The van der Waals surface area contributed by atoms with Gasteiger partial charge in [0.05, 0.1) is 12.3 Å². The molecule has 0 atom stereocenters. The molecule has 0 unspecified atom stereocenters. The second-order valence-electron chi connectivity index (χ2n) is 7.12. The third-order valence-electron chi connectivity index (χ3n) is 5.08. The second-order valence-corrected chi connectivity index (χ2v) is 7.12. The zero-order valence-electron chi connectivity index (χ0n) is 15.9. The predicted molar refractivity (Wildman–Crippen MR) is 104 cm³/mol. The van der Waals surface area contributed by atoms with Gasteiger partial charge in [-0.3, -0.25) is 9.98 Å². The number of pyridine rings is 1. The van der Waals surface area contributed by atoms with Gasteiger partial charge in [-0.2, -0.15) is 0 Å². The Morgan fingerprint density at radius 3 is 2.80 bits per heavy atom. The van der Waals surface area contributed by atoms with Gasteiger partial charge in [0.1, 0.15) is 0 Å². The summed E-state index contributed by atoms with van der Waals surface area (Å²) in [4.78, 5) is 11.4. The molecule has 2 N–H and O–H groups in total. The Labute approximate surface area is 152 Å². The van der Waals surface area contributed by atoms with E-state index in [0.29, 0.717) is 0 Å². The average molecular weight is 347 g/mol. The fourth-order valence-electron chi connectivity index (χ4n) is 2.90. The van der Waals surface area contributed by atoms with E-state index in [0.717, 1.165) is 56.8 Å². The van der Waals surface area contributed by atoms with E-state index in [-0.39, 0.29) is 12.0 Å². The van der Waals surface area contributed by atoms with Gasteiger partial charge < -0.3 is 15.3 Å². The molecule has 0 amide bonds. The van der Waals surface area contributed by atoms with Crippen LogP contribution >= 0.6 is 0 Å². The van der Waals surface area contributed by atoms with E-state index in [9.17, 15) is 5.11 Å². The van der Waals surface area contributed by atoms with Crippen LogP contribution in [-0.2, 0) is 6.54 Å². The SMILES string of the molecule is CCN(CC)CCCCNCc1cc(/C=N/CC2(CO)CC2)ccn1. The van der Waals surface area contributed by atoms with E-state index in [1.807, 2.05) is 18.5 Å². The monoisotopic (exact) mass is 346 g/mol. The van der Waals surface area contributed by atoms with Crippen LogP contribution in [0.2, 0.25) is 0 Å². The molecule has 0 aliphatic heterocycles. The van der Waals surface area contributed by atoms with Gasteiger partial charge in [0.15, 0.2) is 0 Å². The molecule has 1 saturated carbocycles. The van der Waals surface area contributed by atoms with Crippen molar-refractivity contribution >= 4 is 6.21 Å². The predicted octanol–water partition coefficient (Wildman–Crippen LogP) is 2.48. The van der Waals surface area contributed by atoms with E-state index < -0.39 is 0 Å². The molecule has 2 rings (SSSR count). The quantitative estimate of drug-likeness (QED) is 0.425. The van der Waals surface area contributed by atoms with Gasteiger partial charge in [-0.15, -0.1) is 0 Å². The summed E-state index contributed by atoms with van der Waals surface area (Å²) in [6, 6.07) is 4.07. The van der Waals surface area contributed by atoms with Crippen LogP contribution in [0, 0.1) is 5.41 Å². The second kappa shape index (κ2) is 10.6. The number of aliphatic hydroxyl groups excluding tert-OH is 1. The molecule has 25 heavy (non-hydrogen) atoms. The highest BCUT2D eigenvalue weighted by Crippen LogP contribution is 2.45. The van der Waals surface area contributed by atoms with Crippen molar-refractivity contribution < 1.29 is 5.11 Å². The lowest BCUT2D eigenvalue weighted by atomic mass is 10.1. The molecular formula is C20H34N4O. The molecule has 1 aromatic heterocycles. The molecule has 1 aromatic rings. The van der Waals surface area contributed by atoms with Crippen LogP contribution in [0.25, 0.3) is 0 Å². The maximum absolute atomic E-state index is 9.32. The first kappa shape index (κ1) is 20.0. The minimum atomic E-state index is 0.0824. The molecule has 140 valence electrons. The average Bonchev–Trinajstić information content (AvgIpc) is 3.42. The van der Waals surface area contributed by atoms with Crippen molar-refractivity contribution in [2.24, 2.45) is 10.4 Å². The molecule has 0 spiro atoms. The molecule has 0 radical (unpaired) electrons. The van der Waals surface area contributed by atoms with Gasteiger partial charge >= 0.3 is 0 Å². The maximum atomic E-state index is 9.32. The van der Waals surface area contributed by atoms with Gasteiger partial charge in [0, 0.05) is 30.9 Å². The van der Waals surface area contributed by atoms with Crippen molar-refractivity contribution in [3.05, 3.63) is 29.6 Å². The van der Waals surface area contributed by atoms with E-state index in [2.05, 4.69) is 40.1 Å². The largest absolute Gasteiger partial charge is 0.396 e. The fourth-order valence-corrected chi connectivity index (χ4v) is 2.90. The normalized spacial score (nSPS) is 16.0. The van der Waals surface area contributed by atoms with Gasteiger partial charge in [0.25, 0.3) is 0 Å². The summed E-state index contributed by atoms with van der Waals surface area (Å²) in [7, 11) is 0. The number of rotatable bonds is 13. The number of nitrogens with one attached hydrogen (secondary N) is 1. The fraction of sp³-hybridized carbons (Fsp3) is 0.700. The van der Waals surface area contributed by atoms with Crippen LogP contribution in [0.3, 0.4) is 0 Å². The molecule has 0 bridgehead atoms. The standard InChI is InChI=1S/C20H34N4O/c1-3-24(4-2)12-6-5-10-21-15-19-13-18(7-11-23-19)14-22-16-20(17-25)8-9-20/h7,11,13-14,21,25H,3-6,8-10,12,15-17H2,1-2H3/b22-14+. The number of aliphatic imine (C=N–C) groups is 1. The summed E-state index contributed by atoms with van der Waals surface area (Å²) >= 11 is 0. The molecule has 5 nitrogen and oxygen atoms in total. The summed E-state index contributed by atoms with van der Waals surface area (Å²) < 4.78 is 0. The van der Waals surface area contributed by atoms with Crippen molar-refractivity contribution in [1.82, 2.24) is 15.2 Å². The van der Waals surface area contributed by atoms with Gasteiger partial charge in [-0.25, -0.2) is 0 Å². The first-order valence-electron chi connectivity index (χ1n) is 9.70. The molecule has 1 fully saturated rings. The van der Waals surface area contributed by atoms with Crippen molar-refractivity contribution in [1.29, 1.82) is 0 Å². The third kappa shape index (κ3) is 7.22. The molecule has 1 heterocycles. The van der Waals surface area contributed by atoms with Crippen molar-refractivity contribution in [2.45, 2.75) is 46.1 Å². The first-order chi connectivity index (χ1) is 12.2. The zero-order valence-corrected chi connectivity index (χ0v) is 15.9. The minimum absolute atomic E-state index is 0.0824. The summed E-state index contributed by atoms with van der Waals surface area (Å²) in [5.74, 6) is 0. The van der Waals surface area contributed by atoms with Crippen molar-refractivity contribution in [3.63, 3.8) is 0 Å². The lowest BCUT2D eigenvalue weighted by Crippen LogP contribution is -2.25. The van der Waals surface area contributed by atoms with Gasteiger partial charge in [-0.1, -0.05) is 13.8 Å². The van der Waals surface area contributed by atoms with E-state index >= 15 is 0 Å². The summed E-state index contributed by atoms with van der Waals surface area (Å²) in [6.07, 6.45) is 8.38. The Morgan fingerprint density at radius 1 is 1.32 bits per heavy atom. The Kier molecular flexibility index (Phi) is 8.52. The lowest BCUT2D eigenvalue weighted by Gasteiger charge is -2.17. The summed E-state index contributed by atoms with van der Waals surface area (Å²) in [5.41, 5.74) is 2.22. The first-order valence-corrected chi connectivity index (χ1v) is 9.70. The summed E-state index contributed by atoms with van der Waals surface area (Å²) in [5, 5.41) is 12.8. The van der Waals surface area contributed by atoms with Crippen LogP contribution in [0.4, 0.5) is 0 Å². The van der Waals surface area contributed by atoms with Crippen LogP contribution in [-0.4, -0.2) is 60.5 Å². The van der Waals surface area contributed by atoms with Crippen LogP contribution in [0.1, 0.15) is 50.8 Å². The molecule has 1 aliphatic rings. The van der Waals surface area contributed by atoms with E-state index in [4.69, 9.17) is 0 Å². The van der Waals surface area contributed by atoms with Crippen molar-refractivity contribution in [2.75, 3.05) is 39.3 Å². The Hall–Kier alpha value is -1.30. The van der Waals surface area contributed by atoms with E-state index in [1.54, 1.807) is 0 Å². The zero-order chi connectivity index (χ0) is 18.0. The Bertz CT molecular complexity index is 524. The number of nitrogens with zero attached hydrogens (tertiary/aromatic N) is 3. The van der Waals surface area contributed by atoms with E-state index in [1.165, 1.54) is 19.4 Å². The molecule has 0 saturated heterocycles. The molecular weight excluding hydrogens is 312 g/mol. The number of aromatic nitrogens is 1. The smallest absolute Gasteiger partial charge is 0.0548 e. The third-order valence-corrected chi connectivity index (χ3v) is 5.08. The van der Waals surface area contributed by atoms with Crippen LogP contribution in [0.5, 0.6) is 0 Å². The highest BCUT2D eigenvalue weighted by Gasteiger charge is 2.41. The number of hydrogen-bond acceptors (Lipinski definition) is 5. The van der Waals surface area contributed by atoms with Crippen LogP contribution in [0.15, 0.2) is 23.3 Å². The topological polar surface area (TPSA) is 60.8 Å². The molecule has 5 heteroatoms. The van der Waals surface area contributed by atoms with Crippen LogP contribution < -0.4 is 5.32 Å². The Morgan fingerprint density at radius 2 is 2.12 bits per heavy atom. The highest BCUT2D eigenvalue weighted by molar-refractivity contribution is 5.79. The molecule has 1 aliphatic carbocycles. The van der Waals surface area contributed by atoms with Gasteiger partial charge in [-0.05, 0) is 69.6 Å².